The van der Waals surface area contributed by atoms with Gasteiger partial charge < -0.3 is 10.0 Å². The van der Waals surface area contributed by atoms with E-state index >= 15 is 0 Å². The van der Waals surface area contributed by atoms with Crippen LogP contribution < -0.4 is 4.90 Å². The van der Waals surface area contributed by atoms with Gasteiger partial charge in [-0.3, -0.25) is 4.79 Å². The fourth-order valence-corrected chi connectivity index (χ4v) is 4.31. The van der Waals surface area contributed by atoms with Gasteiger partial charge in [0.2, 0.25) is 0 Å². The summed E-state index contributed by atoms with van der Waals surface area (Å²) in [6, 6.07) is 22.7. The van der Waals surface area contributed by atoms with E-state index in [-0.39, 0.29) is 4.90 Å². The number of carbonyl (C=O) groups is 1. The van der Waals surface area contributed by atoms with Crippen LogP contribution in [-0.4, -0.2) is 32.3 Å². The number of anilines is 2. The van der Waals surface area contributed by atoms with Crippen LogP contribution in [0.15, 0.2) is 77.7 Å². The van der Waals surface area contributed by atoms with E-state index in [4.69, 9.17) is 5.11 Å². The minimum atomic E-state index is -3.84. The summed E-state index contributed by atoms with van der Waals surface area (Å²) in [6.07, 6.45) is 0.947. The van der Waals surface area contributed by atoms with E-state index < -0.39 is 21.6 Å². The third-order valence-electron chi connectivity index (χ3n) is 4.84. The molecule has 0 saturated carbocycles. The SMILES string of the molecule is CCc1ccccc1-c1cccc(N(C)c2ccc(S(=O)(=O)CC(=O)O)cc2)c1. The molecule has 0 aliphatic heterocycles. The highest BCUT2D eigenvalue weighted by atomic mass is 32.2. The zero-order chi connectivity index (χ0) is 21.0. The second-order valence-corrected chi connectivity index (χ2v) is 8.76. The second-order valence-electron chi connectivity index (χ2n) is 6.77. The molecule has 3 aromatic carbocycles. The van der Waals surface area contributed by atoms with E-state index in [0.717, 1.165) is 23.4 Å². The first-order chi connectivity index (χ1) is 13.8. The van der Waals surface area contributed by atoms with Crippen molar-refractivity contribution in [3.8, 4) is 11.1 Å². The zero-order valence-electron chi connectivity index (χ0n) is 16.4. The van der Waals surface area contributed by atoms with E-state index in [2.05, 4.69) is 31.2 Å². The molecule has 5 nitrogen and oxygen atoms in total. The molecular formula is C23H23NO4S. The number of hydrogen-bond acceptors (Lipinski definition) is 4. The molecule has 29 heavy (non-hydrogen) atoms. The molecule has 0 radical (unpaired) electrons. The lowest BCUT2D eigenvalue weighted by Crippen LogP contribution is -2.15. The summed E-state index contributed by atoms with van der Waals surface area (Å²) in [6.45, 7) is 2.13. The standard InChI is InChI=1S/C23H23NO4S/c1-3-17-7-4-5-10-22(17)18-8-6-9-20(15-18)24(2)19-11-13-21(14-12-19)29(27,28)16-23(25)26/h4-15H,3,16H2,1-2H3,(H,25,26). The third kappa shape index (κ3) is 4.66. The molecule has 0 amide bonds. The molecule has 0 bridgehead atoms. The number of sulfone groups is 1. The van der Waals surface area contributed by atoms with Crippen molar-refractivity contribution in [2.24, 2.45) is 0 Å². The van der Waals surface area contributed by atoms with Crippen LogP contribution in [0.5, 0.6) is 0 Å². The number of benzene rings is 3. The molecular weight excluding hydrogens is 386 g/mol. The molecule has 150 valence electrons. The van der Waals surface area contributed by atoms with Crippen molar-refractivity contribution < 1.29 is 18.3 Å². The van der Waals surface area contributed by atoms with Gasteiger partial charge >= 0.3 is 5.97 Å². The Kier molecular flexibility index (Phi) is 6.03. The summed E-state index contributed by atoms with van der Waals surface area (Å²) in [5, 5.41) is 8.77. The van der Waals surface area contributed by atoms with Gasteiger partial charge in [0, 0.05) is 18.4 Å². The Morgan fingerprint density at radius 2 is 1.62 bits per heavy atom. The Labute approximate surface area is 171 Å². The molecule has 1 N–H and O–H groups in total. The molecule has 3 rings (SSSR count). The van der Waals surface area contributed by atoms with Crippen molar-refractivity contribution in [3.05, 3.63) is 78.4 Å². The molecule has 3 aromatic rings. The second kappa shape index (κ2) is 8.49. The number of aliphatic carboxylic acids is 1. The smallest absolute Gasteiger partial charge is 0.319 e. The molecule has 0 aromatic heterocycles. The molecule has 0 unspecified atom stereocenters. The maximum atomic E-state index is 12.1. The summed E-state index contributed by atoms with van der Waals surface area (Å²) in [5.41, 5.74) is 5.36. The Bertz CT molecular complexity index is 1120. The first kappa shape index (κ1) is 20.6. The lowest BCUT2D eigenvalue weighted by molar-refractivity contribution is -0.134. The van der Waals surface area contributed by atoms with Gasteiger partial charge in [-0.05, 0) is 59.5 Å². The summed E-state index contributed by atoms with van der Waals surface area (Å²) < 4.78 is 24.1. The molecule has 0 fully saturated rings. The van der Waals surface area contributed by atoms with Gasteiger partial charge in [-0.25, -0.2) is 8.42 Å². The zero-order valence-corrected chi connectivity index (χ0v) is 17.2. The molecule has 0 heterocycles. The van der Waals surface area contributed by atoms with E-state index in [1.54, 1.807) is 12.1 Å². The Morgan fingerprint density at radius 3 is 2.28 bits per heavy atom. The van der Waals surface area contributed by atoms with Gasteiger partial charge in [-0.15, -0.1) is 0 Å². The van der Waals surface area contributed by atoms with Crippen LogP contribution in [0.4, 0.5) is 11.4 Å². The largest absolute Gasteiger partial charge is 0.480 e. The predicted molar refractivity (Wildman–Crippen MR) is 115 cm³/mol. The Morgan fingerprint density at radius 1 is 0.931 bits per heavy atom. The van der Waals surface area contributed by atoms with Gasteiger partial charge in [0.05, 0.1) is 4.90 Å². The van der Waals surface area contributed by atoms with Gasteiger partial charge in [0.25, 0.3) is 0 Å². The average Bonchev–Trinajstić information content (AvgIpc) is 2.72. The minimum absolute atomic E-state index is 0.00248. The highest BCUT2D eigenvalue weighted by Gasteiger charge is 2.19. The van der Waals surface area contributed by atoms with E-state index in [9.17, 15) is 13.2 Å². The number of carboxylic acids is 1. The lowest BCUT2D eigenvalue weighted by Gasteiger charge is -2.21. The summed E-state index contributed by atoms with van der Waals surface area (Å²) in [5.74, 6) is -2.28. The van der Waals surface area contributed by atoms with Crippen molar-refractivity contribution in [2.45, 2.75) is 18.2 Å². The van der Waals surface area contributed by atoms with Gasteiger partial charge in [0.1, 0.15) is 0 Å². The molecule has 0 spiro atoms. The highest BCUT2D eigenvalue weighted by molar-refractivity contribution is 7.92. The fraction of sp³-hybridized carbons (Fsp3) is 0.174. The van der Waals surface area contributed by atoms with E-state index in [1.807, 2.05) is 36.2 Å². The number of nitrogens with zero attached hydrogens (tertiary/aromatic N) is 1. The van der Waals surface area contributed by atoms with Crippen LogP contribution in [0.2, 0.25) is 0 Å². The van der Waals surface area contributed by atoms with Crippen LogP contribution >= 0.6 is 0 Å². The predicted octanol–water partition coefficient (Wildman–Crippen LogP) is 4.54. The van der Waals surface area contributed by atoms with Crippen LogP contribution in [0.3, 0.4) is 0 Å². The quantitative estimate of drug-likeness (QED) is 0.620. The molecule has 0 saturated heterocycles. The van der Waals surface area contributed by atoms with Crippen molar-refractivity contribution in [2.75, 3.05) is 17.7 Å². The van der Waals surface area contributed by atoms with Gasteiger partial charge in [-0.1, -0.05) is 43.3 Å². The molecule has 0 aliphatic rings. The minimum Gasteiger partial charge on any atom is -0.480 e. The van der Waals surface area contributed by atoms with Gasteiger partial charge in [-0.2, -0.15) is 0 Å². The Hall–Kier alpha value is -3.12. The van der Waals surface area contributed by atoms with Crippen LogP contribution in [0.25, 0.3) is 11.1 Å². The number of aryl methyl sites for hydroxylation is 1. The molecule has 0 aliphatic carbocycles. The maximum Gasteiger partial charge on any atom is 0.319 e. The van der Waals surface area contributed by atoms with Crippen molar-refractivity contribution in [3.63, 3.8) is 0 Å². The Balaban J connectivity index is 1.89. The van der Waals surface area contributed by atoms with Crippen molar-refractivity contribution in [1.82, 2.24) is 0 Å². The summed E-state index contributed by atoms with van der Waals surface area (Å²) in [7, 11) is -1.93. The first-order valence-electron chi connectivity index (χ1n) is 9.28. The van der Waals surface area contributed by atoms with Crippen LogP contribution in [0, 0.1) is 0 Å². The van der Waals surface area contributed by atoms with E-state index in [0.29, 0.717) is 0 Å². The fourth-order valence-electron chi connectivity index (χ4n) is 3.26. The summed E-state index contributed by atoms with van der Waals surface area (Å²) in [4.78, 5) is 12.7. The van der Waals surface area contributed by atoms with Gasteiger partial charge in [0.15, 0.2) is 15.6 Å². The lowest BCUT2D eigenvalue weighted by atomic mass is 9.97. The van der Waals surface area contributed by atoms with Crippen molar-refractivity contribution >= 4 is 27.2 Å². The van der Waals surface area contributed by atoms with Crippen LogP contribution in [-0.2, 0) is 21.1 Å². The first-order valence-corrected chi connectivity index (χ1v) is 10.9. The highest BCUT2D eigenvalue weighted by Crippen LogP contribution is 2.31. The average molecular weight is 410 g/mol. The topological polar surface area (TPSA) is 74.7 Å². The summed E-state index contributed by atoms with van der Waals surface area (Å²) >= 11 is 0. The normalized spacial score (nSPS) is 11.2. The van der Waals surface area contributed by atoms with Crippen LogP contribution in [0.1, 0.15) is 12.5 Å². The monoisotopic (exact) mass is 409 g/mol. The van der Waals surface area contributed by atoms with Crippen molar-refractivity contribution in [1.29, 1.82) is 0 Å². The molecule has 0 atom stereocenters. The van der Waals surface area contributed by atoms with E-state index in [1.165, 1.54) is 23.3 Å². The number of hydrogen-bond donors (Lipinski definition) is 1. The maximum absolute atomic E-state index is 12.1. The number of carboxylic acid groups (broad SMARTS) is 1. The molecule has 6 heteroatoms. The number of rotatable bonds is 7. The third-order valence-corrected chi connectivity index (χ3v) is 6.46.